The number of amides is 1. The SMILES string of the molecule is C=C(C)COCCNC(=O)c1cccc2c1CCNC2. The maximum atomic E-state index is 12.2. The third-order valence-electron chi connectivity index (χ3n) is 3.27. The molecule has 0 spiro atoms. The average molecular weight is 274 g/mol. The fourth-order valence-electron chi connectivity index (χ4n) is 2.32. The van der Waals surface area contributed by atoms with Crippen molar-refractivity contribution in [2.24, 2.45) is 0 Å². The number of rotatable bonds is 6. The van der Waals surface area contributed by atoms with Crippen LogP contribution in [-0.2, 0) is 17.7 Å². The average Bonchev–Trinajstić information content (AvgIpc) is 2.45. The highest BCUT2D eigenvalue weighted by Crippen LogP contribution is 2.18. The first-order chi connectivity index (χ1) is 9.68. The van der Waals surface area contributed by atoms with E-state index in [9.17, 15) is 4.79 Å². The fraction of sp³-hybridized carbons (Fsp3) is 0.438. The first-order valence-corrected chi connectivity index (χ1v) is 7.00. The zero-order chi connectivity index (χ0) is 14.4. The van der Waals surface area contributed by atoms with Gasteiger partial charge >= 0.3 is 0 Å². The van der Waals surface area contributed by atoms with Crippen molar-refractivity contribution >= 4 is 5.91 Å². The molecule has 0 aromatic heterocycles. The molecule has 0 unspecified atom stereocenters. The van der Waals surface area contributed by atoms with Gasteiger partial charge in [-0.3, -0.25) is 4.79 Å². The summed E-state index contributed by atoms with van der Waals surface area (Å²) in [6, 6.07) is 5.92. The Hall–Kier alpha value is -1.65. The first-order valence-electron chi connectivity index (χ1n) is 7.00. The quantitative estimate of drug-likeness (QED) is 0.612. The minimum atomic E-state index is -0.0114. The van der Waals surface area contributed by atoms with Crippen LogP contribution in [0.5, 0.6) is 0 Å². The van der Waals surface area contributed by atoms with Crippen molar-refractivity contribution in [3.63, 3.8) is 0 Å². The number of hydrogen-bond donors (Lipinski definition) is 2. The van der Waals surface area contributed by atoms with Gasteiger partial charge in [0.2, 0.25) is 0 Å². The highest BCUT2D eigenvalue weighted by atomic mass is 16.5. The molecular formula is C16H22N2O2. The molecule has 1 aliphatic heterocycles. The van der Waals surface area contributed by atoms with E-state index in [1.54, 1.807) is 0 Å². The maximum Gasteiger partial charge on any atom is 0.251 e. The summed E-state index contributed by atoms with van der Waals surface area (Å²) in [6.07, 6.45) is 0.908. The topological polar surface area (TPSA) is 50.4 Å². The smallest absolute Gasteiger partial charge is 0.251 e. The van der Waals surface area contributed by atoms with Gasteiger partial charge in [0.05, 0.1) is 13.2 Å². The monoisotopic (exact) mass is 274 g/mol. The molecule has 1 amide bonds. The van der Waals surface area contributed by atoms with Crippen LogP contribution < -0.4 is 10.6 Å². The van der Waals surface area contributed by atoms with E-state index in [1.165, 1.54) is 11.1 Å². The van der Waals surface area contributed by atoms with Gasteiger partial charge in [0, 0.05) is 18.7 Å². The molecule has 4 nitrogen and oxygen atoms in total. The van der Waals surface area contributed by atoms with Crippen LogP contribution >= 0.6 is 0 Å². The summed E-state index contributed by atoms with van der Waals surface area (Å²) >= 11 is 0. The molecule has 0 radical (unpaired) electrons. The van der Waals surface area contributed by atoms with Crippen molar-refractivity contribution in [1.29, 1.82) is 0 Å². The molecule has 108 valence electrons. The van der Waals surface area contributed by atoms with Gasteiger partial charge in [0.1, 0.15) is 0 Å². The molecule has 0 fully saturated rings. The minimum Gasteiger partial charge on any atom is -0.375 e. The highest BCUT2D eigenvalue weighted by Gasteiger charge is 2.16. The lowest BCUT2D eigenvalue weighted by atomic mass is 9.95. The van der Waals surface area contributed by atoms with Gasteiger partial charge < -0.3 is 15.4 Å². The van der Waals surface area contributed by atoms with E-state index in [1.807, 2.05) is 19.1 Å². The number of benzene rings is 1. The van der Waals surface area contributed by atoms with Crippen molar-refractivity contribution in [2.45, 2.75) is 19.9 Å². The molecule has 2 rings (SSSR count). The van der Waals surface area contributed by atoms with Gasteiger partial charge in [-0.2, -0.15) is 0 Å². The Bertz CT molecular complexity index is 497. The summed E-state index contributed by atoms with van der Waals surface area (Å²) in [6.45, 7) is 9.03. The van der Waals surface area contributed by atoms with E-state index in [0.717, 1.165) is 30.6 Å². The standard InChI is InChI=1S/C16H22N2O2/c1-12(2)11-20-9-8-18-16(19)15-5-3-4-13-10-17-7-6-14(13)15/h3-5,17H,1,6-11H2,2H3,(H,18,19). The van der Waals surface area contributed by atoms with Crippen LogP contribution in [0.2, 0.25) is 0 Å². The second-order valence-electron chi connectivity index (χ2n) is 5.14. The lowest BCUT2D eigenvalue weighted by molar-refractivity contribution is 0.0925. The molecule has 0 saturated heterocycles. The lowest BCUT2D eigenvalue weighted by Gasteiger charge is -2.19. The summed E-state index contributed by atoms with van der Waals surface area (Å²) in [5.74, 6) is -0.0114. The number of hydrogen-bond acceptors (Lipinski definition) is 3. The van der Waals surface area contributed by atoms with Crippen LogP contribution in [0.3, 0.4) is 0 Å². The van der Waals surface area contributed by atoms with E-state index in [0.29, 0.717) is 19.8 Å². The number of nitrogens with one attached hydrogen (secondary N) is 2. The summed E-state index contributed by atoms with van der Waals surface area (Å²) in [5, 5.41) is 6.23. The Balaban J connectivity index is 1.88. The van der Waals surface area contributed by atoms with Gasteiger partial charge in [-0.15, -0.1) is 0 Å². The van der Waals surface area contributed by atoms with Crippen molar-refractivity contribution in [3.8, 4) is 0 Å². The van der Waals surface area contributed by atoms with Crippen LogP contribution in [0.1, 0.15) is 28.4 Å². The van der Waals surface area contributed by atoms with Gasteiger partial charge in [0.15, 0.2) is 0 Å². The van der Waals surface area contributed by atoms with Crippen LogP contribution in [0.4, 0.5) is 0 Å². The van der Waals surface area contributed by atoms with Crippen LogP contribution in [0.25, 0.3) is 0 Å². The molecule has 0 saturated carbocycles. The molecule has 2 N–H and O–H groups in total. The van der Waals surface area contributed by atoms with Crippen molar-refractivity contribution in [2.75, 3.05) is 26.3 Å². The van der Waals surface area contributed by atoms with Gasteiger partial charge in [-0.05, 0) is 37.1 Å². The predicted octanol–water partition coefficient (Wildman–Crippen LogP) is 1.65. The van der Waals surface area contributed by atoms with Crippen LogP contribution in [-0.4, -0.2) is 32.2 Å². The van der Waals surface area contributed by atoms with Crippen molar-refractivity contribution in [1.82, 2.24) is 10.6 Å². The molecule has 1 heterocycles. The molecule has 1 aromatic rings. The van der Waals surface area contributed by atoms with Crippen molar-refractivity contribution < 1.29 is 9.53 Å². The Morgan fingerprint density at radius 3 is 3.15 bits per heavy atom. The summed E-state index contributed by atoms with van der Waals surface area (Å²) < 4.78 is 5.37. The van der Waals surface area contributed by atoms with Crippen LogP contribution in [0, 0.1) is 0 Å². The van der Waals surface area contributed by atoms with Gasteiger partial charge in [-0.1, -0.05) is 24.3 Å². The molecule has 1 aliphatic rings. The largest absolute Gasteiger partial charge is 0.375 e. The molecule has 20 heavy (non-hydrogen) atoms. The zero-order valence-electron chi connectivity index (χ0n) is 12.0. The summed E-state index contributed by atoms with van der Waals surface area (Å²) in [7, 11) is 0. The number of carbonyl (C=O) groups is 1. The molecule has 1 aromatic carbocycles. The lowest BCUT2D eigenvalue weighted by Crippen LogP contribution is -2.31. The summed E-state index contributed by atoms with van der Waals surface area (Å²) in [4.78, 5) is 12.2. The van der Waals surface area contributed by atoms with Crippen molar-refractivity contribution in [3.05, 3.63) is 47.0 Å². The molecule has 0 aliphatic carbocycles. The Kier molecular flexibility index (Phi) is 5.32. The second kappa shape index (κ2) is 7.22. The third kappa shape index (κ3) is 3.92. The maximum absolute atomic E-state index is 12.2. The molecular weight excluding hydrogens is 252 g/mol. The normalized spacial score (nSPS) is 13.7. The Morgan fingerprint density at radius 1 is 1.50 bits per heavy atom. The van der Waals surface area contributed by atoms with E-state index in [2.05, 4.69) is 23.3 Å². The van der Waals surface area contributed by atoms with Gasteiger partial charge in [-0.25, -0.2) is 0 Å². The summed E-state index contributed by atoms with van der Waals surface area (Å²) in [5.41, 5.74) is 4.18. The van der Waals surface area contributed by atoms with Gasteiger partial charge in [0.25, 0.3) is 5.91 Å². The molecule has 4 heteroatoms. The van der Waals surface area contributed by atoms with E-state index >= 15 is 0 Å². The van der Waals surface area contributed by atoms with Crippen LogP contribution in [0.15, 0.2) is 30.4 Å². The Labute approximate surface area is 120 Å². The minimum absolute atomic E-state index is 0.0114. The second-order valence-corrected chi connectivity index (χ2v) is 5.14. The Morgan fingerprint density at radius 2 is 2.35 bits per heavy atom. The number of ether oxygens (including phenoxy) is 1. The van der Waals surface area contributed by atoms with E-state index < -0.39 is 0 Å². The first kappa shape index (κ1) is 14.8. The molecule has 0 bridgehead atoms. The fourth-order valence-corrected chi connectivity index (χ4v) is 2.32. The predicted molar refractivity (Wildman–Crippen MR) is 79.8 cm³/mol. The highest BCUT2D eigenvalue weighted by molar-refractivity contribution is 5.96. The van der Waals surface area contributed by atoms with E-state index in [-0.39, 0.29) is 5.91 Å². The third-order valence-corrected chi connectivity index (χ3v) is 3.27. The number of carbonyl (C=O) groups excluding carboxylic acids is 1. The zero-order valence-corrected chi connectivity index (χ0v) is 12.0. The van der Waals surface area contributed by atoms with E-state index in [4.69, 9.17) is 4.74 Å². The molecule has 0 atom stereocenters. The number of fused-ring (bicyclic) bond motifs is 1.